The van der Waals surface area contributed by atoms with E-state index in [0.29, 0.717) is 11.3 Å². The molecule has 0 radical (unpaired) electrons. The molecular formula is C21H20N4O4. The van der Waals surface area contributed by atoms with Crippen LogP contribution in [0.3, 0.4) is 0 Å². The van der Waals surface area contributed by atoms with Crippen molar-refractivity contribution in [3.05, 3.63) is 66.2 Å². The maximum atomic E-state index is 13.2. The molecule has 0 aliphatic carbocycles. The lowest BCUT2D eigenvalue weighted by Crippen LogP contribution is -2.51. The van der Waals surface area contributed by atoms with E-state index in [4.69, 9.17) is 5.73 Å². The van der Waals surface area contributed by atoms with Crippen LogP contribution in [-0.4, -0.2) is 46.6 Å². The molecule has 0 aromatic heterocycles. The Kier molecular flexibility index (Phi) is 4.54. The number of primary amides is 1. The van der Waals surface area contributed by atoms with Gasteiger partial charge >= 0.3 is 6.03 Å². The zero-order chi connectivity index (χ0) is 20.7. The van der Waals surface area contributed by atoms with Crippen molar-refractivity contribution < 1.29 is 19.2 Å². The Balaban J connectivity index is 1.81. The molecular weight excluding hydrogens is 372 g/mol. The first-order valence-electron chi connectivity index (χ1n) is 9.22. The second-order valence-electron chi connectivity index (χ2n) is 7.19. The lowest BCUT2D eigenvalue weighted by Gasteiger charge is -2.32. The van der Waals surface area contributed by atoms with Crippen molar-refractivity contribution >= 4 is 29.4 Å². The molecule has 8 heteroatoms. The summed E-state index contributed by atoms with van der Waals surface area (Å²) >= 11 is 0. The van der Waals surface area contributed by atoms with Gasteiger partial charge in [-0.2, -0.15) is 0 Å². The maximum absolute atomic E-state index is 13.2. The number of carbonyl (C=O) groups excluding carboxylic acids is 4. The second-order valence-corrected chi connectivity index (χ2v) is 7.19. The Bertz CT molecular complexity index is 979. The predicted molar refractivity (Wildman–Crippen MR) is 104 cm³/mol. The average Bonchev–Trinajstić information content (AvgIpc) is 3.19. The number of carbonyl (C=O) groups is 4. The van der Waals surface area contributed by atoms with E-state index in [0.717, 1.165) is 4.90 Å². The second kappa shape index (κ2) is 7.05. The molecule has 2 aliphatic heterocycles. The van der Waals surface area contributed by atoms with E-state index in [2.05, 4.69) is 5.32 Å². The molecule has 2 fully saturated rings. The van der Waals surface area contributed by atoms with Crippen molar-refractivity contribution in [2.24, 2.45) is 17.6 Å². The highest BCUT2D eigenvalue weighted by molar-refractivity contribution is 6.10. The van der Waals surface area contributed by atoms with E-state index in [1.54, 1.807) is 48.5 Å². The molecule has 2 aromatic carbocycles. The van der Waals surface area contributed by atoms with Gasteiger partial charge < -0.3 is 16.0 Å². The summed E-state index contributed by atoms with van der Waals surface area (Å²) in [6.45, 7) is 0. The lowest BCUT2D eigenvalue weighted by atomic mass is 9.86. The van der Waals surface area contributed by atoms with Gasteiger partial charge in [0, 0.05) is 12.7 Å². The third-order valence-corrected chi connectivity index (χ3v) is 5.59. The van der Waals surface area contributed by atoms with Crippen molar-refractivity contribution in [1.82, 2.24) is 9.80 Å². The topological polar surface area (TPSA) is 113 Å². The highest BCUT2D eigenvalue weighted by Gasteiger charge is 2.64. The van der Waals surface area contributed by atoms with Crippen LogP contribution in [0.2, 0.25) is 0 Å². The third-order valence-electron chi connectivity index (χ3n) is 5.59. The van der Waals surface area contributed by atoms with Crippen molar-refractivity contribution in [1.29, 1.82) is 0 Å². The summed E-state index contributed by atoms with van der Waals surface area (Å²) in [4.78, 5) is 53.5. The van der Waals surface area contributed by atoms with Gasteiger partial charge in [-0.1, -0.05) is 48.5 Å². The minimum absolute atomic E-state index is 0.421. The van der Waals surface area contributed by atoms with E-state index in [9.17, 15) is 19.2 Å². The highest BCUT2D eigenvalue weighted by atomic mass is 16.2. The number of imide groups is 1. The molecule has 148 valence electrons. The first-order chi connectivity index (χ1) is 13.9. The van der Waals surface area contributed by atoms with Gasteiger partial charge in [0.2, 0.25) is 17.7 Å². The van der Waals surface area contributed by atoms with Crippen LogP contribution < -0.4 is 11.1 Å². The van der Waals surface area contributed by atoms with Crippen LogP contribution in [0.5, 0.6) is 0 Å². The van der Waals surface area contributed by atoms with Gasteiger partial charge in [0.25, 0.3) is 0 Å². The Hall–Kier alpha value is -3.68. The maximum Gasteiger partial charge on any atom is 0.323 e. The molecule has 5 amide bonds. The number of hydrogen-bond acceptors (Lipinski definition) is 4. The molecule has 4 rings (SSSR count). The van der Waals surface area contributed by atoms with Crippen LogP contribution in [0.25, 0.3) is 0 Å². The molecule has 29 heavy (non-hydrogen) atoms. The Morgan fingerprint density at radius 1 is 0.897 bits per heavy atom. The molecule has 2 heterocycles. The first-order valence-corrected chi connectivity index (χ1v) is 9.22. The van der Waals surface area contributed by atoms with E-state index in [1.165, 1.54) is 11.9 Å². The molecule has 0 saturated carbocycles. The zero-order valence-electron chi connectivity index (χ0n) is 15.7. The molecule has 2 saturated heterocycles. The highest BCUT2D eigenvalue weighted by Crippen LogP contribution is 2.49. The summed E-state index contributed by atoms with van der Waals surface area (Å²) in [6.07, 6.45) is 0. The van der Waals surface area contributed by atoms with Gasteiger partial charge in [-0.25, -0.2) is 4.79 Å². The standard InChI is InChI=1S/C21H20N4O4/c1-24-19(27)14-15(20(24)28)17(18(22)26)25(16(14)12-8-4-2-5-9-12)21(29)23-13-10-6-3-7-11-13/h2-11,14-17H,1H3,(H2,22,26)(H,23,29). The number of rotatable bonds is 3. The van der Waals surface area contributed by atoms with E-state index >= 15 is 0 Å². The van der Waals surface area contributed by atoms with Gasteiger partial charge in [0.05, 0.1) is 17.9 Å². The number of nitrogens with two attached hydrogens (primary N) is 1. The average molecular weight is 392 g/mol. The number of likely N-dealkylation sites (tertiary alicyclic amines) is 2. The van der Waals surface area contributed by atoms with Gasteiger partial charge in [-0.3, -0.25) is 19.3 Å². The summed E-state index contributed by atoms with van der Waals surface area (Å²) in [7, 11) is 1.39. The number of fused-ring (bicyclic) bond motifs is 1. The number of urea groups is 1. The number of nitrogens with zero attached hydrogens (tertiary/aromatic N) is 2. The van der Waals surface area contributed by atoms with E-state index < -0.39 is 47.7 Å². The van der Waals surface area contributed by atoms with Crippen LogP contribution in [0.1, 0.15) is 11.6 Å². The van der Waals surface area contributed by atoms with Gasteiger partial charge in [-0.15, -0.1) is 0 Å². The lowest BCUT2D eigenvalue weighted by molar-refractivity contribution is -0.141. The molecule has 0 bridgehead atoms. The van der Waals surface area contributed by atoms with Crippen molar-refractivity contribution in [3.63, 3.8) is 0 Å². The molecule has 4 unspecified atom stereocenters. The van der Waals surface area contributed by atoms with Gasteiger partial charge in [-0.05, 0) is 17.7 Å². The quantitative estimate of drug-likeness (QED) is 0.768. The summed E-state index contributed by atoms with van der Waals surface area (Å²) in [5, 5.41) is 2.74. The van der Waals surface area contributed by atoms with Crippen LogP contribution in [0, 0.1) is 11.8 Å². The predicted octanol–water partition coefficient (Wildman–Crippen LogP) is 1.36. The molecule has 2 aliphatic rings. The minimum Gasteiger partial charge on any atom is -0.368 e. The Morgan fingerprint density at radius 3 is 2.03 bits per heavy atom. The summed E-state index contributed by atoms with van der Waals surface area (Å²) in [6, 6.07) is 15.0. The number of anilines is 1. The number of amides is 5. The monoisotopic (exact) mass is 392 g/mol. The molecule has 2 aromatic rings. The SMILES string of the molecule is CN1C(=O)C2C(C1=O)C(c1ccccc1)N(C(=O)Nc1ccccc1)C2C(N)=O. The van der Waals surface area contributed by atoms with Crippen molar-refractivity contribution in [2.45, 2.75) is 12.1 Å². The zero-order valence-corrected chi connectivity index (χ0v) is 15.7. The fraction of sp³-hybridized carbons (Fsp3) is 0.238. The van der Waals surface area contributed by atoms with Crippen molar-refractivity contribution in [3.8, 4) is 0 Å². The third kappa shape index (κ3) is 2.93. The molecule has 8 nitrogen and oxygen atoms in total. The summed E-state index contributed by atoms with van der Waals surface area (Å²) in [5.41, 5.74) is 6.81. The summed E-state index contributed by atoms with van der Waals surface area (Å²) in [5.74, 6) is -3.61. The van der Waals surface area contributed by atoms with Crippen molar-refractivity contribution in [2.75, 3.05) is 12.4 Å². The number of nitrogens with one attached hydrogen (secondary N) is 1. The summed E-state index contributed by atoms with van der Waals surface area (Å²) < 4.78 is 0. The minimum atomic E-state index is -1.23. The number of hydrogen-bond donors (Lipinski definition) is 2. The Labute approximate surface area is 167 Å². The fourth-order valence-electron chi connectivity index (χ4n) is 4.34. The molecule has 4 atom stereocenters. The van der Waals surface area contributed by atoms with Crippen LogP contribution in [-0.2, 0) is 14.4 Å². The molecule has 0 spiro atoms. The number of benzene rings is 2. The Morgan fingerprint density at radius 2 is 1.45 bits per heavy atom. The fourth-order valence-corrected chi connectivity index (χ4v) is 4.34. The smallest absolute Gasteiger partial charge is 0.323 e. The molecule has 3 N–H and O–H groups in total. The van der Waals surface area contributed by atoms with Crippen LogP contribution in [0.15, 0.2) is 60.7 Å². The first kappa shape index (κ1) is 18.7. The van der Waals surface area contributed by atoms with E-state index in [-0.39, 0.29) is 0 Å². The van der Waals surface area contributed by atoms with Crippen LogP contribution >= 0.6 is 0 Å². The van der Waals surface area contributed by atoms with E-state index in [1.807, 2.05) is 12.1 Å². The number of para-hydroxylation sites is 1. The largest absolute Gasteiger partial charge is 0.368 e. The van der Waals surface area contributed by atoms with Crippen LogP contribution in [0.4, 0.5) is 10.5 Å². The van der Waals surface area contributed by atoms with Gasteiger partial charge in [0.15, 0.2) is 0 Å². The van der Waals surface area contributed by atoms with Gasteiger partial charge in [0.1, 0.15) is 6.04 Å². The normalized spacial score (nSPS) is 25.8.